The van der Waals surface area contributed by atoms with Gasteiger partial charge in [0, 0.05) is 30.5 Å². The van der Waals surface area contributed by atoms with Crippen molar-refractivity contribution in [2.75, 3.05) is 19.4 Å². The molecule has 1 heterocycles. The largest absolute Gasteiger partial charge is 0.353 e. The molecule has 0 spiro atoms. The summed E-state index contributed by atoms with van der Waals surface area (Å²) in [6.07, 6.45) is 12.0. The number of imidazole rings is 1. The topological polar surface area (TPSA) is 33.1 Å². The van der Waals surface area contributed by atoms with Gasteiger partial charge in [-0.2, -0.15) is 0 Å². The lowest BCUT2D eigenvalue weighted by Crippen LogP contribution is -2.45. The van der Waals surface area contributed by atoms with E-state index in [4.69, 9.17) is 0 Å². The van der Waals surface area contributed by atoms with Crippen molar-refractivity contribution in [3.05, 3.63) is 12.4 Å². The van der Waals surface area contributed by atoms with Gasteiger partial charge in [-0.25, -0.2) is 4.98 Å². The van der Waals surface area contributed by atoms with Crippen LogP contribution in [-0.2, 0) is 6.54 Å². The maximum Gasteiger partial charge on any atom is 0.203 e. The lowest BCUT2D eigenvalue weighted by Gasteiger charge is -2.37. The second-order valence-corrected chi connectivity index (χ2v) is 6.12. The Morgan fingerprint density at radius 1 is 1.39 bits per heavy atom. The Morgan fingerprint density at radius 3 is 2.72 bits per heavy atom. The summed E-state index contributed by atoms with van der Waals surface area (Å²) in [5.41, 5.74) is 0.334. The lowest BCUT2D eigenvalue weighted by molar-refractivity contribution is 0.134. The van der Waals surface area contributed by atoms with Crippen LogP contribution in [0.25, 0.3) is 0 Å². The molecule has 1 aromatic heterocycles. The number of hydrogen-bond acceptors (Lipinski definition) is 3. The van der Waals surface area contributed by atoms with Crippen molar-refractivity contribution in [2.24, 2.45) is 0 Å². The number of hydrogen-bond donors (Lipinski definition) is 1. The van der Waals surface area contributed by atoms with Gasteiger partial charge in [-0.15, -0.1) is 0 Å². The summed E-state index contributed by atoms with van der Waals surface area (Å²) in [5.74, 6) is 1.06. The summed E-state index contributed by atoms with van der Waals surface area (Å²) in [7, 11) is 4.44. The molecule has 4 heteroatoms. The maximum atomic E-state index is 4.46. The molecule has 4 nitrogen and oxygen atoms in total. The molecule has 1 N–H and O–H groups in total. The van der Waals surface area contributed by atoms with E-state index in [1.54, 1.807) is 0 Å². The van der Waals surface area contributed by atoms with Crippen LogP contribution < -0.4 is 5.32 Å². The Balaban J connectivity index is 1.75. The van der Waals surface area contributed by atoms with Crippen molar-refractivity contribution in [1.29, 1.82) is 0 Å². The molecular weight excluding hydrogens is 224 g/mol. The Bertz CT molecular complexity index is 400. The van der Waals surface area contributed by atoms with Gasteiger partial charge >= 0.3 is 0 Å². The number of nitrogens with zero attached hydrogens (tertiary/aromatic N) is 3. The van der Waals surface area contributed by atoms with Gasteiger partial charge < -0.3 is 14.8 Å². The lowest BCUT2D eigenvalue weighted by atomic mass is 9.96. The summed E-state index contributed by atoms with van der Waals surface area (Å²) in [6.45, 7) is 1.06. The molecule has 1 aromatic rings. The number of nitrogens with one attached hydrogen (secondary N) is 1. The molecule has 2 aliphatic carbocycles. The Morgan fingerprint density at radius 2 is 2.11 bits per heavy atom. The van der Waals surface area contributed by atoms with Crippen molar-refractivity contribution >= 4 is 5.95 Å². The van der Waals surface area contributed by atoms with Crippen LogP contribution in [0.5, 0.6) is 0 Å². The number of anilines is 1. The van der Waals surface area contributed by atoms with E-state index in [1.165, 1.54) is 38.5 Å². The molecule has 0 bridgehead atoms. The average molecular weight is 248 g/mol. The van der Waals surface area contributed by atoms with Crippen molar-refractivity contribution in [3.63, 3.8) is 0 Å². The first-order valence-corrected chi connectivity index (χ1v) is 7.15. The minimum atomic E-state index is 0.334. The normalized spacial score (nSPS) is 22.6. The molecule has 0 amide bonds. The average Bonchev–Trinajstić information content (AvgIpc) is 2.86. The monoisotopic (exact) mass is 248 g/mol. The summed E-state index contributed by atoms with van der Waals surface area (Å²) in [5, 5.41) is 3.53. The quantitative estimate of drug-likeness (QED) is 0.868. The van der Waals surface area contributed by atoms with Gasteiger partial charge in [-0.1, -0.05) is 12.8 Å². The zero-order valence-electron chi connectivity index (χ0n) is 11.5. The number of likely N-dealkylation sites (N-methyl/N-ethyl adjacent to an activating group) is 1. The van der Waals surface area contributed by atoms with Crippen LogP contribution in [0.1, 0.15) is 38.5 Å². The van der Waals surface area contributed by atoms with Crippen LogP contribution in [0.4, 0.5) is 5.95 Å². The zero-order valence-corrected chi connectivity index (χ0v) is 11.5. The third kappa shape index (κ3) is 2.26. The van der Waals surface area contributed by atoms with E-state index in [0.29, 0.717) is 11.6 Å². The van der Waals surface area contributed by atoms with Gasteiger partial charge in [-0.05, 0) is 39.8 Å². The second kappa shape index (κ2) is 4.57. The molecule has 18 heavy (non-hydrogen) atoms. The van der Waals surface area contributed by atoms with Crippen molar-refractivity contribution in [3.8, 4) is 0 Å². The number of aromatic nitrogens is 2. The number of rotatable bonds is 5. The zero-order chi connectivity index (χ0) is 12.6. The first-order valence-electron chi connectivity index (χ1n) is 7.15. The van der Waals surface area contributed by atoms with Crippen LogP contribution in [0.15, 0.2) is 12.4 Å². The molecule has 0 aromatic carbocycles. The van der Waals surface area contributed by atoms with E-state index in [2.05, 4.69) is 40.1 Å². The van der Waals surface area contributed by atoms with Crippen LogP contribution in [0.2, 0.25) is 0 Å². The first-order chi connectivity index (χ1) is 8.70. The van der Waals surface area contributed by atoms with Gasteiger partial charge in [-0.3, -0.25) is 0 Å². The van der Waals surface area contributed by atoms with E-state index in [0.717, 1.165) is 12.5 Å². The van der Waals surface area contributed by atoms with Crippen molar-refractivity contribution in [2.45, 2.75) is 56.7 Å². The molecule has 0 saturated heterocycles. The molecule has 2 aliphatic rings. The molecule has 100 valence electrons. The molecule has 0 unspecified atom stereocenters. The van der Waals surface area contributed by atoms with Crippen LogP contribution >= 0.6 is 0 Å². The summed E-state index contributed by atoms with van der Waals surface area (Å²) in [6, 6.07) is 0.671. The van der Waals surface area contributed by atoms with E-state index in [1.807, 2.05) is 6.20 Å². The fourth-order valence-corrected chi connectivity index (χ4v) is 3.08. The Kier molecular flexibility index (Phi) is 3.06. The third-order valence-electron chi connectivity index (χ3n) is 4.57. The molecule has 0 aliphatic heterocycles. The molecular formula is C14H24N4. The molecule has 0 atom stereocenters. The van der Waals surface area contributed by atoms with Crippen LogP contribution in [0.3, 0.4) is 0 Å². The van der Waals surface area contributed by atoms with Gasteiger partial charge in [0.05, 0.1) is 0 Å². The molecule has 0 radical (unpaired) electrons. The predicted octanol–water partition coefficient (Wildman–Crippen LogP) is 2.33. The fraction of sp³-hybridized carbons (Fsp3) is 0.786. The van der Waals surface area contributed by atoms with E-state index >= 15 is 0 Å². The smallest absolute Gasteiger partial charge is 0.203 e. The standard InChI is InChI=1S/C14H24N4/c1-17(2)14(7-3-4-8-14)11-18-10-9-15-13(18)16-12-5-6-12/h9-10,12H,3-8,11H2,1-2H3,(H,15,16). The van der Waals surface area contributed by atoms with Gasteiger partial charge in [0.1, 0.15) is 0 Å². The van der Waals surface area contributed by atoms with E-state index in [9.17, 15) is 0 Å². The highest BCUT2D eigenvalue weighted by molar-refractivity contribution is 5.30. The Hall–Kier alpha value is -1.03. The summed E-state index contributed by atoms with van der Waals surface area (Å²) >= 11 is 0. The highest BCUT2D eigenvalue weighted by Gasteiger charge is 2.37. The third-order valence-corrected chi connectivity index (χ3v) is 4.57. The Labute approximate surface area is 109 Å². The summed E-state index contributed by atoms with van der Waals surface area (Å²) < 4.78 is 2.31. The molecule has 2 fully saturated rings. The second-order valence-electron chi connectivity index (χ2n) is 6.12. The van der Waals surface area contributed by atoms with Crippen LogP contribution in [0, 0.1) is 0 Å². The highest BCUT2D eigenvalue weighted by atomic mass is 15.3. The van der Waals surface area contributed by atoms with Gasteiger partial charge in [0.15, 0.2) is 0 Å². The van der Waals surface area contributed by atoms with E-state index in [-0.39, 0.29) is 0 Å². The van der Waals surface area contributed by atoms with E-state index < -0.39 is 0 Å². The molecule has 2 saturated carbocycles. The highest BCUT2D eigenvalue weighted by Crippen LogP contribution is 2.36. The SMILES string of the molecule is CN(C)C1(Cn2ccnc2NC2CC2)CCCC1. The summed E-state index contributed by atoms with van der Waals surface area (Å²) in [4.78, 5) is 6.88. The molecule has 3 rings (SSSR count). The predicted molar refractivity (Wildman–Crippen MR) is 73.8 cm³/mol. The minimum Gasteiger partial charge on any atom is -0.353 e. The van der Waals surface area contributed by atoms with Gasteiger partial charge in [0.25, 0.3) is 0 Å². The van der Waals surface area contributed by atoms with Crippen molar-refractivity contribution < 1.29 is 0 Å². The maximum absolute atomic E-state index is 4.46. The van der Waals surface area contributed by atoms with Gasteiger partial charge in [0.2, 0.25) is 5.95 Å². The fourth-order valence-electron chi connectivity index (χ4n) is 3.08. The first kappa shape index (κ1) is 12.0. The van der Waals surface area contributed by atoms with Crippen molar-refractivity contribution in [1.82, 2.24) is 14.5 Å². The van der Waals surface area contributed by atoms with Crippen LogP contribution in [-0.4, -0.2) is 40.1 Å². The minimum absolute atomic E-state index is 0.334.